The molecule has 1 rings (SSSR count). The van der Waals surface area contributed by atoms with Gasteiger partial charge in [-0.25, -0.2) is 0 Å². The topological polar surface area (TPSA) is 35.8 Å². The maximum atomic E-state index is 8.93. The lowest BCUT2D eigenvalue weighted by Crippen LogP contribution is -2.21. The zero-order chi connectivity index (χ0) is 13.6. The first-order valence-electron chi connectivity index (χ1n) is 6.35. The van der Waals surface area contributed by atoms with Crippen molar-refractivity contribution >= 4 is 11.6 Å². The van der Waals surface area contributed by atoms with Gasteiger partial charge in [-0.2, -0.15) is 5.26 Å². The van der Waals surface area contributed by atoms with Crippen LogP contribution in [0.2, 0.25) is 5.02 Å². The van der Waals surface area contributed by atoms with E-state index in [0.29, 0.717) is 0 Å². The van der Waals surface area contributed by atoms with Crippen molar-refractivity contribution in [2.24, 2.45) is 5.41 Å². The first-order chi connectivity index (χ1) is 8.44. The third-order valence-corrected chi connectivity index (χ3v) is 3.32. The van der Waals surface area contributed by atoms with Crippen LogP contribution in [-0.2, 0) is 0 Å². The Hall–Kier alpha value is -1.04. The monoisotopic (exact) mass is 264 g/mol. The van der Waals surface area contributed by atoms with Gasteiger partial charge >= 0.3 is 0 Å². The van der Waals surface area contributed by atoms with Crippen molar-refractivity contribution in [2.75, 3.05) is 6.54 Å². The summed E-state index contributed by atoms with van der Waals surface area (Å²) < 4.78 is 0. The fraction of sp³-hybridized carbons (Fsp3) is 0.533. The molecule has 0 fully saturated rings. The lowest BCUT2D eigenvalue weighted by molar-refractivity contribution is 0.417. The van der Waals surface area contributed by atoms with Crippen LogP contribution in [0.5, 0.6) is 0 Å². The molecule has 0 aliphatic carbocycles. The summed E-state index contributed by atoms with van der Waals surface area (Å²) in [6, 6.07) is 10.5. The molecule has 0 heterocycles. The van der Waals surface area contributed by atoms with Crippen molar-refractivity contribution in [3.05, 3.63) is 34.9 Å². The molecule has 0 amide bonds. The molecule has 0 spiro atoms. The summed E-state index contributed by atoms with van der Waals surface area (Å²) in [6.45, 7) is 7.00. The van der Waals surface area contributed by atoms with Gasteiger partial charge in [0.15, 0.2) is 0 Å². The molecule has 0 saturated carbocycles. The van der Waals surface area contributed by atoms with E-state index in [9.17, 15) is 0 Å². The summed E-state index contributed by atoms with van der Waals surface area (Å²) in [4.78, 5) is 0. The van der Waals surface area contributed by atoms with Crippen molar-refractivity contribution in [3.63, 3.8) is 0 Å². The number of nitrogens with zero attached hydrogens (tertiary/aromatic N) is 1. The van der Waals surface area contributed by atoms with Crippen LogP contribution in [-0.4, -0.2) is 6.54 Å². The van der Waals surface area contributed by atoms with Crippen LogP contribution >= 0.6 is 11.6 Å². The zero-order valence-corrected chi connectivity index (χ0v) is 12.1. The Morgan fingerprint density at radius 1 is 1.44 bits per heavy atom. The summed E-state index contributed by atoms with van der Waals surface area (Å²) in [5.74, 6) is 0. The molecule has 2 nitrogen and oxygen atoms in total. The quantitative estimate of drug-likeness (QED) is 0.777. The fourth-order valence-corrected chi connectivity index (χ4v) is 2.00. The van der Waals surface area contributed by atoms with Crippen LogP contribution in [0.1, 0.15) is 45.2 Å². The Morgan fingerprint density at radius 3 is 2.78 bits per heavy atom. The normalized spacial score (nSPS) is 13.1. The third kappa shape index (κ3) is 5.08. The highest BCUT2D eigenvalue weighted by atomic mass is 35.5. The van der Waals surface area contributed by atoms with Gasteiger partial charge in [0.25, 0.3) is 0 Å². The van der Waals surface area contributed by atoms with Gasteiger partial charge in [-0.3, -0.25) is 0 Å². The van der Waals surface area contributed by atoms with Crippen molar-refractivity contribution in [1.29, 1.82) is 5.26 Å². The summed E-state index contributed by atoms with van der Waals surface area (Å²) in [5.41, 5.74) is 0.975. The largest absolute Gasteiger partial charge is 0.310 e. The second-order valence-corrected chi connectivity index (χ2v) is 5.77. The van der Waals surface area contributed by atoms with Crippen molar-refractivity contribution in [1.82, 2.24) is 5.32 Å². The number of benzene rings is 1. The van der Waals surface area contributed by atoms with Gasteiger partial charge in [0.1, 0.15) is 0 Å². The van der Waals surface area contributed by atoms with Gasteiger partial charge in [0.05, 0.1) is 11.5 Å². The highest BCUT2D eigenvalue weighted by Gasteiger charge is 2.15. The maximum absolute atomic E-state index is 8.93. The van der Waals surface area contributed by atoms with Gasteiger partial charge < -0.3 is 5.32 Å². The summed E-state index contributed by atoms with van der Waals surface area (Å²) in [6.07, 6.45) is 1.92. The number of halogens is 1. The number of nitrogens with one attached hydrogen (secondary N) is 1. The molecule has 3 heteroatoms. The van der Waals surface area contributed by atoms with Crippen LogP contribution in [0.25, 0.3) is 0 Å². The predicted molar refractivity (Wildman–Crippen MR) is 76.5 cm³/mol. The Morgan fingerprint density at radius 2 is 2.17 bits per heavy atom. The second kappa shape index (κ2) is 6.78. The van der Waals surface area contributed by atoms with E-state index in [4.69, 9.17) is 16.9 Å². The van der Waals surface area contributed by atoms with E-state index in [-0.39, 0.29) is 11.5 Å². The number of rotatable bonds is 6. The maximum Gasteiger partial charge on any atom is 0.0683 e. The van der Waals surface area contributed by atoms with Gasteiger partial charge in [-0.15, -0.1) is 0 Å². The highest BCUT2D eigenvalue weighted by Crippen LogP contribution is 2.21. The van der Waals surface area contributed by atoms with Crippen molar-refractivity contribution in [2.45, 2.75) is 39.7 Å². The molecule has 0 saturated heterocycles. The molecular formula is C15H21ClN2. The van der Waals surface area contributed by atoms with Gasteiger partial charge in [0.2, 0.25) is 0 Å². The van der Waals surface area contributed by atoms with E-state index in [1.54, 1.807) is 0 Å². The summed E-state index contributed by atoms with van der Waals surface area (Å²) in [5, 5.41) is 13.2. The minimum absolute atomic E-state index is 0.221. The van der Waals surface area contributed by atoms with E-state index in [2.05, 4.69) is 24.4 Å². The zero-order valence-electron chi connectivity index (χ0n) is 11.3. The molecule has 1 aromatic rings. The first-order valence-corrected chi connectivity index (χ1v) is 6.72. The van der Waals surface area contributed by atoms with Gasteiger partial charge in [0, 0.05) is 11.1 Å². The summed E-state index contributed by atoms with van der Waals surface area (Å²) in [7, 11) is 0. The SMILES string of the molecule is CC(NCCCC(C)(C)C#N)c1cccc(Cl)c1. The molecule has 1 N–H and O–H groups in total. The first kappa shape index (κ1) is 15.0. The lowest BCUT2D eigenvalue weighted by Gasteiger charge is -2.17. The molecule has 18 heavy (non-hydrogen) atoms. The van der Waals surface area contributed by atoms with Crippen molar-refractivity contribution in [3.8, 4) is 6.07 Å². The number of hydrogen-bond donors (Lipinski definition) is 1. The standard InChI is InChI=1S/C15H21ClN2/c1-12(13-6-4-7-14(16)10-13)18-9-5-8-15(2,3)11-17/h4,6-7,10,12,18H,5,8-9H2,1-3H3. The number of nitriles is 1. The molecule has 0 aromatic heterocycles. The second-order valence-electron chi connectivity index (χ2n) is 5.33. The Bertz CT molecular complexity index is 421. The molecule has 0 radical (unpaired) electrons. The predicted octanol–water partition coefficient (Wildman–Crippen LogP) is 4.32. The van der Waals surface area contributed by atoms with Gasteiger partial charge in [-0.1, -0.05) is 23.7 Å². The molecule has 0 aliphatic heterocycles. The fourth-order valence-electron chi connectivity index (χ4n) is 1.80. The lowest BCUT2D eigenvalue weighted by atomic mass is 9.90. The van der Waals surface area contributed by atoms with E-state index in [0.717, 1.165) is 24.4 Å². The van der Waals surface area contributed by atoms with E-state index < -0.39 is 0 Å². The average molecular weight is 265 g/mol. The highest BCUT2D eigenvalue weighted by molar-refractivity contribution is 6.30. The minimum atomic E-state index is -0.221. The van der Waals surface area contributed by atoms with Crippen LogP contribution in [0, 0.1) is 16.7 Å². The molecular weight excluding hydrogens is 244 g/mol. The van der Waals surface area contributed by atoms with Crippen LogP contribution in [0.3, 0.4) is 0 Å². The molecule has 0 aliphatic rings. The Labute approximate surface area is 115 Å². The average Bonchev–Trinajstić information content (AvgIpc) is 2.34. The Balaban J connectivity index is 2.34. The van der Waals surface area contributed by atoms with E-state index in [1.807, 2.05) is 32.0 Å². The van der Waals surface area contributed by atoms with Crippen LogP contribution < -0.4 is 5.32 Å². The van der Waals surface area contributed by atoms with Crippen molar-refractivity contribution < 1.29 is 0 Å². The molecule has 0 bridgehead atoms. The van der Waals surface area contributed by atoms with Crippen LogP contribution in [0.15, 0.2) is 24.3 Å². The molecule has 98 valence electrons. The molecule has 1 unspecified atom stereocenters. The van der Waals surface area contributed by atoms with E-state index in [1.165, 1.54) is 5.56 Å². The Kier molecular flexibility index (Phi) is 5.65. The summed E-state index contributed by atoms with van der Waals surface area (Å²) >= 11 is 5.97. The molecule has 1 aromatic carbocycles. The van der Waals surface area contributed by atoms with E-state index >= 15 is 0 Å². The smallest absolute Gasteiger partial charge is 0.0683 e. The number of hydrogen-bond acceptors (Lipinski definition) is 2. The minimum Gasteiger partial charge on any atom is -0.310 e. The van der Waals surface area contributed by atoms with Gasteiger partial charge in [-0.05, 0) is 57.9 Å². The third-order valence-electron chi connectivity index (χ3n) is 3.08. The molecule has 1 atom stereocenters. The van der Waals surface area contributed by atoms with Crippen LogP contribution in [0.4, 0.5) is 0 Å².